The van der Waals surface area contributed by atoms with Crippen molar-refractivity contribution in [1.29, 1.82) is 0 Å². The third-order valence-corrected chi connectivity index (χ3v) is 4.96. The van der Waals surface area contributed by atoms with Crippen molar-refractivity contribution in [3.8, 4) is 0 Å². The van der Waals surface area contributed by atoms with Crippen LogP contribution in [-0.2, 0) is 14.8 Å². The first-order chi connectivity index (χ1) is 10.8. The van der Waals surface area contributed by atoms with Crippen LogP contribution in [0.5, 0.6) is 0 Å². The topological polar surface area (TPSA) is 95.5 Å². The van der Waals surface area contributed by atoms with E-state index in [1.54, 1.807) is 26.0 Å². The number of amides is 1. The van der Waals surface area contributed by atoms with E-state index in [0.717, 1.165) is 12.1 Å². The summed E-state index contributed by atoms with van der Waals surface area (Å²) in [5.41, 5.74) is 1.44. The van der Waals surface area contributed by atoms with Crippen molar-refractivity contribution in [3.63, 3.8) is 0 Å². The smallest absolute Gasteiger partial charge is 0.261 e. The molecule has 1 atom stereocenters. The van der Waals surface area contributed by atoms with Gasteiger partial charge in [0, 0.05) is 10.8 Å². The molecule has 0 aliphatic heterocycles. The van der Waals surface area contributed by atoms with Crippen LogP contribution in [0.15, 0.2) is 41.3 Å². The maximum absolute atomic E-state index is 13.8. The number of hydrogen-bond acceptors (Lipinski definition) is 4. The molecule has 0 saturated heterocycles. The first kappa shape index (κ1) is 17.3. The van der Waals surface area contributed by atoms with E-state index in [1.165, 1.54) is 17.6 Å². The van der Waals surface area contributed by atoms with Gasteiger partial charge in [0.2, 0.25) is 10.0 Å². The number of halogens is 1. The Morgan fingerprint density at radius 1 is 1.13 bits per heavy atom. The Hall–Kier alpha value is -2.03. The van der Waals surface area contributed by atoms with E-state index in [2.05, 4.69) is 4.72 Å². The lowest BCUT2D eigenvalue weighted by Gasteiger charge is -2.20. The summed E-state index contributed by atoms with van der Waals surface area (Å²) in [7, 11) is -4.09. The third-order valence-electron chi connectivity index (χ3n) is 3.46. The highest BCUT2D eigenvalue weighted by atomic mass is 32.2. The molecular weight excluding hydrogens is 323 g/mol. The molecule has 0 aliphatic rings. The quantitative estimate of drug-likeness (QED) is 0.571. The summed E-state index contributed by atoms with van der Waals surface area (Å²) in [5.74, 6) is -1.80. The maximum Gasteiger partial charge on any atom is 0.261 e. The second-order valence-electron chi connectivity index (χ2n) is 5.41. The summed E-state index contributed by atoms with van der Waals surface area (Å²) in [5, 5.41) is 9.13. The molecule has 1 amide bonds. The molecule has 23 heavy (non-hydrogen) atoms. The number of hydrogen-bond donors (Lipinski definition) is 3. The highest BCUT2D eigenvalue weighted by molar-refractivity contribution is 7.89. The van der Waals surface area contributed by atoms with Crippen LogP contribution in [0, 0.1) is 11.7 Å². The summed E-state index contributed by atoms with van der Waals surface area (Å²) >= 11 is 0. The lowest BCUT2D eigenvalue weighted by molar-refractivity contribution is -0.131. The van der Waals surface area contributed by atoms with Gasteiger partial charge < -0.3 is 0 Å². The van der Waals surface area contributed by atoms with E-state index in [9.17, 15) is 17.6 Å². The Bertz CT molecular complexity index is 836. The molecule has 8 heteroatoms. The van der Waals surface area contributed by atoms with Crippen molar-refractivity contribution in [2.45, 2.75) is 24.8 Å². The van der Waals surface area contributed by atoms with Crippen molar-refractivity contribution in [2.75, 3.05) is 0 Å². The fraction of sp³-hybridized carbons (Fsp3) is 0.267. The number of fused-ring (bicyclic) bond motifs is 1. The van der Waals surface area contributed by atoms with Crippen molar-refractivity contribution >= 4 is 26.7 Å². The molecule has 124 valence electrons. The highest BCUT2D eigenvalue weighted by Gasteiger charge is 2.29. The molecule has 0 heterocycles. The van der Waals surface area contributed by atoms with Crippen molar-refractivity contribution < 1.29 is 22.8 Å². The summed E-state index contributed by atoms with van der Waals surface area (Å²) < 4.78 is 41.3. The van der Waals surface area contributed by atoms with Crippen LogP contribution >= 0.6 is 0 Å². The van der Waals surface area contributed by atoms with Gasteiger partial charge in [-0.2, -0.15) is 4.72 Å². The lowest BCUT2D eigenvalue weighted by Crippen LogP contribution is -2.48. The van der Waals surface area contributed by atoms with Crippen LogP contribution in [0.4, 0.5) is 4.39 Å². The normalized spacial score (nSPS) is 13.3. The number of sulfonamides is 1. The predicted molar refractivity (Wildman–Crippen MR) is 82.8 cm³/mol. The molecule has 0 aromatic heterocycles. The lowest BCUT2D eigenvalue weighted by atomic mass is 10.1. The molecule has 2 aromatic rings. The van der Waals surface area contributed by atoms with E-state index in [-0.39, 0.29) is 15.7 Å². The second kappa shape index (κ2) is 6.61. The van der Waals surface area contributed by atoms with Gasteiger partial charge >= 0.3 is 0 Å². The zero-order valence-corrected chi connectivity index (χ0v) is 13.4. The molecular formula is C15H17FN2O4S. The van der Waals surface area contributed by atoms with E-state index >= 15 is 0 Å². The van der Waals surface area contributed by atoms with Crippen molar-refractivity contribution in [3.05, 3.63) is 42.2 Å². The molecule has 3 N–H and O–H groups in total. The molecule has 6 nitrogen and oxygen atoms in total. The van der Waals surface area contributed by atoms with Gasteiger partial charge in [0.25, 0.3) is 5.91 Å². The molecule has 0 spiro atoms. The fourth-order valence-electron chi connectivity index (χ4n) is 2.26. The summed E-state index contributed by atoms with van der Waals surface area (Å²) in [6.07, 6.45) is 0. The standard InChI is InChI=1S/C15H17FN2O4S/c1-9(2)14(15(19)17-20)18-23(21,22)13-8-7-12(16)10-5-3-4-6-11(10)13/h3-9,14,18,20H,1-2H3,(H,17,19)/t14-/m1/s1. The number of nitrogens with one attached hydrogen (secondary N) is 2. The van der Waals surface area contributed by atoms with E-state index < -0.39 is 33.7 Å². The monoisotopic (exact) mass is 340 g/mol. The zero-order chi connectivity index (χ0) is 17.2. The molecule has 0 unspecified atom stereocenters. The minimum Gasteiger partial charge on any atom is -0.289 e. The van der Waals surface area contributed by atoms with Gasteiger partial charge in [-0.05, 0) is 18.1 Å². The minimum atomic E-state index is -4.09. The Morgan fingerprint density at radius 3 is 2.30 bits per heavy atom. The van der Waals surface area contributed by atoms with Gasteiger partial charge in [-0.1, -0.05) is 38.1 Å². The number of carbonyl (C=O) groups is 1. The number of rotatable bonds is 5. The largest absolute Gasteiger partial charge is 0.289 e. The van der Waals surface area contributed by atoms with Gasteiger partial charge in [0.05, 0.1) is 4.90 Å². The van der Waals surface area contributed by atoms with Crippen LogP contribution in [0.25, 0.3) is 10.8 Å². The summed E-state index contributed by atoms with van der Waals surface area (Å²) in [6, 6.07) is 7.22. The Labute approximate surface area is 133 Å². The van der Waals surface area contributed by atoms with Gasteiger partial charge in [0.1, 0.15) is 11.9 Å². The number of hydroxylamine groups is 1. The first-order valence-corrected chi connectivity index (χ1v) is 8.39. The fourth-order valence-corrected chi connectivity index (χ4v) is 3.82. The summed E-state index contributed by atoms with van der Waals surface area (Å²) in [6.45, 7) is 3.26. The van der Waals surface area contributed by atoms with E-state index in [0.29, 0.717) is 0 Å². The minimum absolute atomic E-state index is 0.133. The molecule has 0 bridgehead atoms. The molecule has 2 rings (SSSR count). The molecule has 0 saturated carbocycles. The molecule has 0 aliphatic carbocycles. The third kappa shape index (κ3) is 3.49. The Balaban J connectivity index is 2.52. The zero-order valence-electron chi connectivity index (χ0n) is 12.6. The van der Waals surface area contributed by atoms with Crippen molar-refractivity contribution in [1.82, 2.24) is 10.2 Å². The Kier molecular flexibility index (Phi) is 4.98. The van der Waals surface area contributed by atoms with Crippen LogP contribution in [0.3, 0.4) is 0 Å². The molecule has 0 radical (unpaired) electrons. The number of benzene rings is 2. The average molecular weight is 340 g/mol. The van der Waals surface area contributed by atoms with Gasteiger partial charge in [-0.3, -0.25) is 10.0 Å². The van der Waals surface area contributed by atoms with E-state index in [1.807, 2.05) is 0 Å². The molecule has 2 aromatic carbocycles. The van der Waals surface area contributed by atoms with Crippen molar-refractivity contribution in [2.24, 2.45) is 5.92 Å². The van der Waals surface area contributed by atoms with Crippen LogP contribution in [-0.4, -0.2) is 25.6 Å². The number of carbonyl (C=O) groups excluding carboxylic acids is 1. The Morgan fingerprint density at radius 2 is 1.74 bits per heavy atom. The summed E-state index contributed by atoms with van der Waals surface area (Å²) in [4.78, 5) is 11.5. The second-order valence-corrected chi connectivity index (χ2v) is 7.09. The van der Waals surface area contributed by atoms with Gasteiger partial charge in [-0.15, -0.1) is 0 Å². The highest BCUT2D eigenvalue weighted by Crippen LogP contribution is 2.25. The maximum atomic E-state index is 13.8. The predicted octanol–water partition coefficient (Wildman–Crippen LogP) is 1.79. The van der Waals surface area contributed by atoms with Gasteiger partial charge in [0.15, 0.2) is 0 Å². The van der Waals surface area contributed by atoms with Crippen LogP contribution < -0.4 is 10.2 Å². The van der Waals surface area contributed by atoms with E-state index in [4.69, 9.17) is 5.21 Å². The SMILES string of the molecule is CC(C)[C@@H](NS(=O)(=O)c1ccc(F)c2ccccc12)C(=O)NO. The average Bonchev–Trinajstić information content (AvgIpc) is 2.52. The van der Waals surface area contributed by atoms with Gasteiger partial charge in [-0.25, -0.2) is 18.3 Å². The van der Waals surface area contributed by atoms with Crippen LogP contribution in [0.2, 0.25) is 0 Å². The molecule has 0 fully saturated rings. The first-order valence-electron chi connectivity index (χ1n) is 6.91. The van der Waals surface area contributed by atoms with Crippen LogP contribution in [0.1, 0.15) is 13.8 Å².